The summed E-state index contributed by atoms with van der Waals surface area (Å²) in [7, 11) is 0. The van der Waals surface area contributed by atoms with Gasteiger partial charge in [-0.3, -0.25) is 0 Å². The van der Waals surface area contributed by atoms with Gasteiger partial charge >= 0.3 is 6.18 Å². The average molecular weight is 279 g/mol. The minimum atomic E-state index is -4.35. The van der Waals surface area contributed by atoms with Crippen LogP contribution in [0, 0.1) is 0 Å². The van der Waals surface area contributed by atoms with Crippen molar-refractivity contribution in [2.45, 2.75) is 25.6 Å². The molecule has 0 bridgehead atoms. The molecule has 0 heterocycles. The van der Waals surface area contributed by atoms with Crippen LogP contribution >= 0.6 is 0 Å². The van der Waals surface area contributed by atoms with E-state index in [9.17, 15) is 13.2 Å². The number of hydrogen-bond acceptors (Lipinski definition) is 1. The first kappa shape index (κ1) is 14.4. The topological polar surface area (TPSA) is 12.0 Å². The lowest BCUT2D eigenvalue weighted by Gasteiger charge is -2.21. The normalized spacial score (nSPS) is 13.0. The highest BCUT2D eigenvalue weighted by molar-refractivity contribution is 5.54. The van der Waals surface area contributed by atoms with Crippen molar-refractivity contribution in [1.29, 1.82) is 0 Å². The van der Waals surface area contributed by atoms with Gasteiger partial charge in [0.05, 0.1) is 11.6 Å². The lowest BCUT2D eigenvalue weighted by Crippen LogP contribution is -2.14. The summed E-state index contributed by atoms with van der Waals surface area (Å²) in [4.78, 5) is 0. The lowest BCUT2D eigenvalue weighted by molar-refractivity contribution is -0.137. The minimum absolute atomic E-state index is 0.121. The largest absolute Gasteiger partial charge is 0.418 e. The first-order chi connectivity index (χ1) is 9.52. The summed E-state index contributed by atoms with van der Waals surface area (Å²) in [5, 5.41) is 3.00. The van der Waals surface area contributed by atoms with Crippen LogP contribution in [0.15, 0.2) is 54.6 Å². The van der Waals surface area contributed by atoms with Crippen molar-refractivity contribution in [2.75, 3.05) is 5.32 Å². The van der Waals surface area contributed by atoms with Gasteiger partial charge in [-0.2, -0.15) is 13.2 Å². The van der Waals surface area contributed by atoms with Crippen molar-refractivity contribution in [3.63, 3.8) is 0 Å². The second kappa shape index (κ2) is 5.99. The maximum Gasteiger partial charge on any atom is 0.418 e. The Morgan fingerprint density at radius 2 is 1.55 bits per heavy atom. The third-order valence-electron chi connectivity index (χ3n) is 3.17. The Morgan fingerprint density at radius 3 is 2.15 bits per heavy atom. The van der Waals surface area contributed by atoms with Crippen LogP contribution in [-0.4, -0.2) is 0 Å². The number of para-hydroxylation sites is 1. The van der Waals surface area contributed by atoms with E-state index < -0.39 is 11.7 Å². The fourth-order valence-corrected chi connectivity index (χ4v) is 2.15. The minimum Gasteiger partial charge on any atom is -0.378 e. The van der Waals surface area contributed by atoms with Crippen LogP contribution in [0.2, 0.25) is 0 Å². The van der Waals surface area contributed by atoms with Crippen molar-refractivity contribution >= 4 is 5.69 Å². The highest BCUT2D eigenvalue weighted by Gasteiger charge is 2.33. The summed E-state index contributed by atoms with van der Waals surface area (Å²) in [6, 6.07) is 14.9. The van der Waals surface area contributed by atoms with Crippen molar-refractivity contribution < 1.29 is 13.2 Å². The van der Waals surface area contributed by atoms with Gasteiger partial charge in [-0.25, -0.2) is 0 Å². The van der Waals surface area contributed by atoms with E-state index >= 15 is 0 Å². The van der Waals surface area contributed by atoms with E-state index in [2.05, 4.69) is 5.32 Å². The predicted octanol–water partition coefficient (Wildman–Crippen LogP) is 5.27. The second-order valence-corrected chi connectivity index (χ2v) is 4.56. The van der Waals surface area contributed by atoms with E-state index in [4.69, 9.17) is 0 Å². The number of halogens is 3. The summed E-state index contributed by atoms with van der Waals surface area (Å²) < 4.78 is 38.9. The molecule has 0 aromatic heterocycles. The Morgan fingerprint density at radius 1 is 0.950 bits per heavy atom. The average Bonchev–Trinajstić information content (AvgIpc) is 2.45. The molecule has 0 aliphatic heterocycles. The molecule has 106 valence electrons. The molecule has 1 atom stereocenters. The van der Waals surface area contributed by atoms with E-state index in [1.165, 1.54) is 12.1 Å². The SMILES string of the molecule is CCC(Nc1ccccc1C(F)(F)F)c1ccccc1. The Bertz CT molecular complexity index is 549. The van der Waals surface area contributed by atoms with Crippen LogP contribution in [0.25, 0.3) is 0 Å². The molecule has 4 heteroatoms. The Balaban J connectivity index is 2.29. The lowest BCUT2D eigenvalue weighted by atomic mass is 10.0. The summed E-state index contributed by atoms with van der Waals surface area (Å²) in [5.41, 5.74) is 0.470. The number of benzene rings is 2. The number of alkyl halides is 3. The fourth-order valence-electron chi connectivity index (χ4n) is 2.15. The van der Waals surface area contributed by atoms with Crippen molar-refractivity contribution in [3.05, 3.63) is 65.7 Å². The zero-order chi connectivity index (χ0) is 14.6. The zero-order valence-electron chi connectivity index (χ0n) is 11.1. The Hall–Kier alpha value is -1.97. The van der Waals surface area contributed by atoms with Gasteiger partial charge in [0.25, 0.3) is 0 Å². The zero-order valence-corrected chi connectivity index (χ0v) is 11.1. The standard InChI is InChI=1S/C16H16F3N/c1-2-14(12-8-4-3-5-9-12)20-15-11-7-6-10-13(15)16(17,18)19/h3-11,14,20H,2H2,1H3. The van der Waals surface area contributed by atoms with Crippen LogP contribution in [0.1, 0.15) is 30.5 Å². The third-order valence-corrected chi connectivity index (χ3v) is 3.17. The van der Waals surface area contributed by atoms with E-state index in [-0.39, 0.29) is 11.7 Å². The molecule has 1 nitrogen and oxygen atoms in total. The number of hydrogen-bond donors (Lipinski definition) is 1. The van der Waals surface area contributed by atoms with Gasteiger partial charge in [-0.15, -0.1) is 0 Å². The summed E-state index contributed by atoms with van der Waals surface area (Å²) in [6.07, 6.45) is -3.64. The van der Waals surface area contributed by atoms with Gasteiger partial charge in [0.15, 0.2) is 0 Å². The van der Waals surface area contributed by atoms with Crippen LogP contribution in [0.3, 0.4) is 0 Å². The van der Waals surface area contributed by atoms with E-state index in [0.717, 1.165) is 11.6 Å². The molecule has 0 amide bonds. The van der Waals surface area contributed by atoms with Crippen LogP contribution in [0.4, 0.5) is 18.9 Å². The fraction of sp³-hybridized carbons (Fsp3) is 0.250. The molecule has 0 radical (unpaired) electrons. The van der Waals surface area contributed by atoms with Crippen LogP contribution < -0.4 is 5.32 Å². The van der Waals surface area contributed by atoms with Crippen molar-refractivity contribution in [2.24, 2.45) is 0 Å². The molecule has 0 saturated carbocycles. The van der Waals surface area contributed by atoms with E-state index in [1.54, 1.807) is 6.07 Å². The second-order valence-electron chi connectivity index (χ2n) is 4.56. The summed E-state index contributed by atoms with van der Waals surface area (Å²) in [6.45, 7) is 1.95. The van der Waals surface area contributed by atoms with Crippen LogP contribution in [0.5, 0.6) is 0 Å². The van der Waals surface area contributed by atoms with Crippen molar-refractivity contribution in [3.8, 4) is 0 Å². The van der Waals surface area contributed by atoms with Crippen molar-refractivity contribution in [1.82, 2.24) is 0 Å². The van der Waals surface area contributed by atoms with Crippen LogP contribution in [-0.2, 0) is 6.18 Å². The quantitative estimate of drug-likeness (QED) is 0.804. The first-order valence-corrected chi connectivity index (χ1v) is 6.50. The Labute approximate surface area is 116 Å². The third kappa shape index (κ3) is 3.32. The monoisotopic (exact) mass is 279 g/mol. The summed E-state index contributed by atoms with van der Waals surface area (Å²) in [5.74, 6) is 0. The maximum absolute atomic E-state index is 13.0. The molecule has 1 N–H and O–H groups in total. The van der Waals surface area contributed by atoms with E-state index in [1.807, 2.05) is 37.3 Å². The number of nitrogens with one attached hydrogen (secondary N) is 1. The van der Waals surface area contributed by atoms with Gasteiger partial charge in [0, 0.05) is 5.69 Å². The molecule has 2 aromatic rings. The molecule has 2 rings (SSSR count). The maximum atomic E-state index is 13.0. The molecule has 20 heavy (non-hydrogen) atoms. The van der Waals surface area contributed by atoms with Gasteiger partial charge in [-0.1, -0.05) is 49.4 Å². The molecular formula is C16H16F3N. The molecule has 0 saturated heterocycles. The highest BCUT2D eigenvalue weighted by Crippen LogP contribution is 2.36. The smallest absolute Gasteiger partial charge is 0.378 e. The predicted molar refractivity (Wildman–Crippen MR) is 74.5 cm³/mol. The highest BCUT2D eigenvalue weighted by atomic mass is 19.4. The molecule has 0 aliphatic rings. The Kier molecular flexibility index (Phi) is 4.32. The summed E-state index contributed by atoms with van der Waals surface area (Å²) >= 11 is 0. The molecule has 1 unspecified atom stereocenters. The number of rotatable bonds is 4. The molecular weight excluding hydrogens is 263 g/mol. The molecule has 0 spiro atoms. The molecule has 0 aliphatic carbocycles. The number of anilines is 1. The van der Waals surface area contributed by atoms with Gasteiger partial charge in [0.2, 0.25) is 0 Å². The first-order valence-electron chi connectivity index (χ1n) is 6.50. The van der Waals surface area contributed by atoms with Gasteiger partial charge < -0.3 is 5.32 Å². The molecule has 0 fully saturated rings. The molecule has 2 aromatic carbocycles. The van der Waals surface area contributed by atoms with Gasteiger partial charge in [0.1, 0.15) is 0 Å². The van der Waals surface area contributed by atoms with E-state index in [0.29, 0.717) is 6.42 Å². The van der Waals surface area contributed by atoms with Gasteiger partial charge in [-0.05, 0) is 24.1 Å².